The highest BCUT2D eigenvalue weighted by Gasteiger charge is 2.17. The maximum Gasteiger partial charge on any atom is 0.123 e. The molecule has 2 aromatic rings. The Morgan fingerprint density at radius 3 is 3.00 bits per heavy atom. The predicted octanol–water partition coefficient (Wildman–Crippen LogP) is 3.33. The highest BCUT2D eigenvalue weighted by Crippen LogP contribution is 2.23. The van der Waals surface area contributed by atoms with Crippen molar-refractivity contribution in [3.63, 3.8) is 0 Å². The van der Waals surface area contributed by atoms with Crippen molar-refractivity contribution in [2.24, 2.45) is 0 Å². The summed E-state index contributed by atoms with van der Waals surface area (Å²) in [5.74, 6) is 1.04. The summed E-state index contributed by atoms with van der Waals surface area (Å²) >= 11 is 1.70. The van der Waals surface area contributed by atoms with E-state index in [2.05, 4.69) is 24.1 Å². The van der Waals surface area contributed by atoms with Crippen molar-refractivity contribution < 1.29 is 4.42 Å². The van der Waals surface area contributed by atoms with Gasteiger partial charge in [0.15, 0.2) is 0 Å². The SMILES string of the molecule is CCCNC(Cc1nccs1)c1occc1C. The van der Waals surface area contributed by atoms with E-state index in [1.165, 1.54) is 5.56 Å². The quantitative estimate of drug-likeness (QED) is 0.854. The summed E-state index contributed by atoms with van der Waals surface area (Å²) < 4.78 is 5.59. The van der Waals surface area contributed by atoms with Crippen LogP contribution < -0.4 is 5.32 Å². The van der Waals surface area contributed by atoms with Crippen molar-refractivity contribution in [3.05, 3.63) is 40.2 Å². The molecule has 1 N–H and O–H groups in total. The third kappa shape index (κ3) is 3.17. The highest BCUT2D eigenvalue weighted by atomic mass is 32.1. The number of nitrogens with zero attached hydrogens (tertiary/aromatic N) is 1. The molecule has 4 heteroatoms. The van der Waals surface area contributed by atoms with Crippen molar-refractivity contribution in [1.82, 2.24) is 10.3 Å². The fourth-order valence-electron chi connectivity index (χ4n) is 1.85. The van der Waals surface area contributed by atoms with Gasteiger partial charge in [-0.2, -0.15) is 0 Å². The molecule has 0 spiro atoms. The Kier molecular flexibility index (Phi) is 4.34. The average molecular weight is 250 g/mol. The molecule has 0 saturated carbocycles. The van der Waals surface area contributed by atoms with Gasteiger partial charge in [-0.15, -0.1) is 11.3 Å². The Balaban J connectivity index is 2.11. The first-order valence-electron chi connectivity index (χ1n) is 5.97. The Morgan fingerprint density at radius 2 is 2.41 bits per heavy atom. The van der Waals surface area contributed by atoms with E-state index in [4.69, 9.17) is 4.42 Å². The number of furan rings is 1. The normalized spacial score (nSPS) is 12.8. The van der Waals surface area contributed by atoms with Crippen LogP contribution in [0.1, 0.15) is 35.7 Å². The van der Waals surface area contributed by atoms with Crippen LogP contribution in [0.2, 0.25) is 0 Å². The molecule has 1 unspecified atom stereocenters. The first-order valence-corrected chi connectivity index (χ1v) is 6.85. The lowest BCUT2D eigenvalue weighted by Gasteiger charge is -2.16. The van der Waals surface area contributed by atoms with Crippen LogP contribution in [0.4, 0.5) is 0 Å². The van der Waals surface area contributed by atoms with Gasteiger partial charge in [0.2, 0.25) is 0 Å². The minimum Gasteiger partial charge on any atom is -0.467 e. The van der Waals surface area contributed by atoms with E-state index in [0.717, 1.165) is 30.2 Å². The van der Waals surface area contributed by atoms with Crippen molar-refractivity contribution >= 4 is 11.3 Å². The van der Waals surface area contributed by atoms with Gasteiger partial charge in [-0.05, 0) is 31.5 Å². The molecule has 92 valence electrons. The molecule has 0 aliphatic heterocycles. The Morgan fingerprint density at radius 1 is 1.53 bits per heavy atom. The van der Waals surface area contributed by atoms with Crippen LogP contribution in [0.15, 0.2) is 28.3 Å². The molecule has 0 radical (unpaired) electrons. The molecule has 3 nitrogen and oxygen atoms in total. The minimum absolute atomic E-state index is 0.232. The molecule has 2 aromatic heterocycles. The second kappa shape index (κ2) is 5.98. The van der Waals surface area contributed by atoms with Gasteiger partial charge in [-0.1, -0.05) is 6.92 Å². The highest BCUT2D eigenvalue weighted by molar-refractivity contribution is 7.09. The minimum atomic E-state index is 0.232. The van der Waals surface area contributed by atoms with E-state index in [1.54, 1.807) is 17.6 Å². The summed E-state index contributed by atoms with van der Waals surface area (Å²) in [4.78, 5) is 4.34. The van der Waals surface area contributed by atoms with Crippen molar-refractivity contribution in [1.29, 1.82) is 0 Å². The molecule has 0 aliphatic rings. The van der Waals surface area contributed by atoms with Crippen LogP contribution in [0.25, 0.3) is 0 Å². The van der Waals surface area contributed by atoms with Crippen LogP contribution in [-0.4, -0.2) is 11.5 Å². The molecule has 2 heterocycles. The van der Waals surface area contributed by atoms with Gasteiger partial charge >= 0.3 is 0 Å². The lowest BCUT2D eigenvalue weighted by Crippen LogP contribution is -2.24. The van der Waals surface area contributed by atoms with E-state index in [-0.39, 0.29) is 6.04 Å². The number of hydrogen-bond acceptors (Lipinski definition) is 4. The van der Waals surface area contributed by atoms with E-state index < -0.39 is 0 Å². The first-order chi connectivity index (χ1) is 8.31. The van der Waals surface area contributed by atoms with E-state index in [0.29, 0.717) is 0 Å². The third-order valence-electron chi connectivity index (χ3n) is 2.72. The van der Waals surface area contributed by atoms with E-state index in [9.17, 15) is 0 Å². The molecule has 0 aromatic carbocycles. The number of aryl methyl sites for hydroxylation is 1. The Hall–Kier alpha value is -1.13. The first kappa shape index (κ1) is 12.3. The Labute approximate surface area is 106 Å². The fraction of sp³-hybridized carbons (Fsp3) is 0.462. The maximum atomic E-state index is 5.59. The zero-order valence-electron chi connectivity index (χ0n) is 10.3. The molecular formula is C13H18N2OS. The molecule has 0 aliphatic carbocycles. The zero-order chi connectivity index (χ0) is 12.1. The van der Waals surface area contributed by atoms with Crippen LogP contribution in [-0.2, 0) is 6.42 Å². The monoisotopic (exact) mass is 250 g/mol. The van der Waals surface area contributed by atoms with E-state index >= 15 is 0 Å². The van der Waals surface area contributed by atoms with Gasteiger partial charge in [0.1, 0.15) is 5.76 Å². The summed E-state index contributed by atoms with van der Waals surface area (Å²) in [6.07, 6.45) is 5.62. The zero-order valence-corrected chi connectivity index (χ0v) is 11.1. The number of rotatable bonds is 6. The van der Waals surface area contributed by atoms with Gasteiger partial charge in [0.25, 0.3) is 0 Å². The van der Waals surface area contributed by atoms with Crippen molar-refractivity contribution in [2.45, 2.75) is 32.7 Å². The lowest BCUT2D eigenvalue weighted by molar-refractivity contribution is 0.407. The van der Waals surface area contributed by atoms with Crippen LogP contribution in [0.3, 0.4) is 0 Å². The standard InChI is InChI=1S/C13H18N2OS/c1-3-5-14-11(9-12-15-6-8-17-12)13-10(2)4-7-16-13/h4,6-8,11,14H,3,5,9H2,1-2H3. The molecule has 0 bridgehead atoms. The number of hydrogen-bond donors (Lipinski definition) is 1. The Bertz CT molecular complexity index is 436. The van der Waals surface area contributed by atoms with Crippen LogP contribution in [0.5, 0.6) is 0 Å². The van der Waals surface area contributed by atoms with Gasteiger partial charge < -0.3 is 9.73 Å². The van der Waals surface area contributed by atoms with E-state index in [1.807, 2.05) is 17.6 Å². The molecule has 2 rings (SSSR count). The smallest absolute Gasteiger partial charge is 0.123 e. The summed E-state index contributed by atoms with van der Waals surface area (Å²) in [7, 11) is 0. The molecular weight excluding hydrogens is 232 g/mol. The van der Waals surface area contributed by atoms with Gasteiger partial charge in [0.05, 0.1) is 17.3 Å². The van der Waals surface area contributed by atoms with Gasteiger partial charge in [-0.25, -0.2) is 4.98 Å². The molecule has 17 heavy (non-hydrogen) atoms. The van der Waals surface area contributed by atoms with Crippen molar-refractivity contribution in [3.8, 4) is 0 Å². The molecule has 0 fully saturated rings. The average Bonchev–Trinajstić information content (AvgIpc) is 2.95. The summed E-state index contributed by atoms with van der Waals surface area (Å²) in [5.41, 5.74) is 1.20. The fourth-order valence-corrected chi connectivity index (χ4v) is 2.51. The van der Waals surface area contributed by atoms with Crippen molar-refractivity contribution in [2.75, 3.05) is 6.54 Å². The number of aromatic nitrogens is 1. The maximum absolute atomic E-state index is 5.59. The predicted molar refractivity (Wildman–Crippen MR) is 70.3 cm³/mol. The molecule has 0 amide bonds. The summed E-state index contributed by atoms with van der Waals surface area (Å²) in [5, 5.41) is 6.69. The topological polar surface area (TPSA) is 38.1 Å². The van der Waals surface area contributed by atoms with Gasteiger partial charge in [-0.3, -0.25) is 0 Å². The summed E-state index contributed by atoms with van der Waals surface area (Å²) in [6.45, 7) is 5.25. The number of nitrogens with one attached hydrogen (secondary N) is 1. The lowest BCUT2D eigenvalue weighted by atomic mass is 10.1. The molecule has 0 saturated heterocycles. The third-order valence-corrected chi connectivity index (χ3v) is 3.52. The van der Waals surface area contributed by atoms with Crippen LogP contribution in [0, 0.1) is 6.92 Å². The van der Waals surface area contributed by atoms with Crippen LogP contribution >= 0.6 is 11.3 Å². The molecule has 1 atom stereocenters. The number of thiazole rings is 1. The second-order valence-corrected chi connectivity index (χ2v) is 5.08. The summed E-state index contributed by atoms with van der Waals surface area (Å²) in [6, 6.07) is 2.24. The van der Waals surface area contributed by atoms with Gasteiger partial charge in [0, 0.05) is 18.0 Å². The largest absolute Gasteiger partial charge is 0.467 e. The second-order valence-electron chi connectivity index (χ2n) is 4.10.